The number of allylic oxidation sites excluding steroid dienone is 1. The van der Waals surface area contributed by atoms with Crippen LogP contribution in [0.3, 0.4) is 0 Å². The maximum Gasteiger partial charge on any atom is 0.343 e. The minimum atomic E-state index is -0.470. The van der Waals surface area contributed by atoms with Crippen LogP contribution in [0.2, 0.25) is 0 Å². The monoisotopic (exact) mass is 282 g/mol. The van der Waals surface area contributed by atoms with Gasteiger partial charge in [-0.2, -0.15) is 5.26 Å². The number of benzene rings is 1. The molecule has 0 saturated carbocycles. The second-order valence-electron chi connectivity index (χ2n) is 4.96. The SMILES string of the molecule is CCC[C@@H]1C(C#N)=C(N)Oc2c1c(=O)oc1ccccc21. The fourth-order valence-corrected chi connectivity index (χ4v) is 2.74. The molecule has 0 amide bonds. The van der Waals surface area contributed by atoms with E-state index in [1.165, 1.54) is 0 Å². The minimum Gasteiger partial charge on any atom is -0.439 e. The van der Waals surface area contributed by atoms with Crippen LogP contribution in [-0.4, -0.2) is 0 Å². The zero-order valence-electron chi connectivity index (χ0n) is 11.6. The third kappa shape index (κ3) is 1.96. The highest BCUT2D eigenvalue weighted by molar-refractivity contribution is 5.85. The highest BCUT2D eigenvalue weighted by Crippen LogP contribution is 2.41. The molecule has 2 N–H and O–H groups in total. The second kappa shape index (κ2) is 4.98. The Labute approximate surface area is 121 Å². The Morgan fingerprint density at radius 1 is 1.38 bits per heavy atom. The van der Waals surface area contributed by atoms with Gasteiger partial charge in [0.15, 0.2) is 5.75 Å². The summed E-state index contributed by atoms with van der Waals surface area (Å²) in [6.45, 7) is 1.99. The summed E-state index contributed by atoms with van der Waals surface area (Å²) in [6.07, 6.45) is 1.46. The molecule has 0 saturated heterocycles. The first kappa shape index (κ1) is 13.3. The van der Waals surface area contributed by atoms with Crippen molar-refractivity contribution in [2.75, 3.05) is 0 Å². The summed E-state index contributed by atoms with van der Waals surface area (Å²) in [5, 5.41) is 9.98. The van der Waals surface area contributed by atoms with Gasteiger partial charge in [-0.25, -0.2) is 4.79 Å². The first-order valence-corrected chi connectivity index (χ1v) is 6.80. The number of hydrogen-bond donors (Lipinski definition) is 1. The van der Waals surface area contributed by atoms with Gasteiger partial charge < -0.3 is 14.9 Å². The van der Waals surface area contributed by atoms with Gasteiger partial charge in [-0.05, 0) is 18.6 Å². The van der Waals surface area contributed by atoms with Crippen LogP contribution in [-0.2, 0) is 0 Å². The van der Waals surface area contributed by atoms with E-state index in [1.807, 2.05) is 19.1 Å². The average molecular weight is 282 g/mol. The lowest BCUT2D eigenvalue weighted by Crippen LogP contribution is -2.25. The number of para-hydroxylation sites is 1. The van der Waals surface area contributed by atoms with Crippen LogP contribution in [0.25, 0.3) is 11.0 Å². The van der Waals surface area contributed by atoms with Crippen molar-refractivity contribution in [3.63, 3.8) is 0 Å². The van der Waals surface area contributed by atoms with Crippen LogP contribution in [0.4, 0.5) is 0 Å². The molecule has 1 atom stereocenters. The van der Waals surface area contributed by atoms with E-state index in [0.717, 1.165) is 6.42 Å². The molecule has 1 aromatic heterocycles. The Balaban J connectivity index is 2.35. The standard InChI is InChI=1S/C16H14N2O3/c1-2-5-9-11(8-17)15(18)21-14-10-6-3-4-7-12(10)20-16(19)13(9)14/h3-4,6-7,9H,2,5,18H2,1H3/t9-/m1/s1. The van der Waals surface area contributed by atoms with E-state index in [2.05, 4.69) is 6.07 Å². The van der Waals surface area contributed by atoms with E-state index in [9.17, 15) is 10.1 Å². The van der Waals surface area contributed by atoms with Gasteiger partial charge in [0.2, 0.25) is 5.88 Å². The molecular weight excluding hydrogens is 268 g/mol. The van der Waals surface area contributed by atoms with Crippen LogP contribution in [0.5, 0.6) is 5.75 Å². The second-order valence-corrected chi connectivity index (χ2v) is 4.96. The average Bonchev–Trinajstić information content (AvgIpc) is 2.47. The molecule has 5 nitrogen and oxygen atoms in total. The number of ether oxygens (including phenoxy) is 1. The van der Waals surface area contributed by atoms with Gasteiger partial charge in [-0.3, -0.25) is 0 Å². The summed E-state index contributed by atoms with van der Waals surface area (Å²) < 4.78 is 10.9. The van der Waals surface area contributed by atoms with Crippen LogP contribution < -0.4 is 16.1 Å². The van der Waals surface area contributed by atoms with Crippen molar-refractivity contribution in [2.24, 2.45) is 5.73 Å². The van der Waals surface area contributed by atoms with E-state index >= 15 is 0 Å². The Kier molecular flexibility index (Phi) is 3.15. The fraction of sp³-hybridized carbons (Fsp3) is 0.250. The van der Waals surface area contributed by atoms with E-state index in [-0.39, 0.29) is 11.8 Å². The van der Waals surface area contributed by atoms with Gasteiger partial charge in [-0.15, -0.1) is 0 Å². The van der Waals surface area contributed by atoms with Gasteiger partial charge >= 0.3 is 5.63 Å². The number of fused-ring (bicyclic) bond motifs is 3. The molecule has 1 aromatic carbocycles. The lowest BCUT2D eigenvalue weighted by Gasteiger charge is -2.25. The summed E-state index contributed by atoms with van der Waals surface area (Å²) in [4.78, 5) is 12.3. The quantitative estimate of drug-likeness (QED) is 0.855. The maximum atomic E-state index is 12.3. The summed E-state index contributed by atoms with van der Waals surface area (Å²) in [7, 11) is 0. The molecule has 0 spiro atoms. The molecule has 0 fully saturated rings. The molecule has 2 aromatic rings. The van der Waals surface area contributed by atoms with E-state index < -0.39 is 5.63 Å². The number of nitrogens with two attached hydrogens (primary N) is 1. The lowest BCUT2D eigenvalue weighted by molar-refractivity contribution is 0.378. The third-order valence-corrected chi connectivity index (χ3v) is 3.67. The van der Waals surface area contributed by atoms with Gasteiger partial charge in [0.1, 0.15) is 11.7 Å². The predicted molar refractivity (Wildman–Crippen MR) is 77.6 cm³/mol. The molecule has 106 valence electrons. The smallest absolute Gasteiger partial charge is 0.343 e. The zero-order valence-corrected chi connectivity index (χ0v) is 11.6. The van der Waals surface area contributed by atoms with Gasteiger partial charge in [0.25, 0.3) is 0 Å². The molecular formula is C16H14N2O3. The molecule has 0 unspecified atom stereocenters. The minimum absolute atomic E-state index is 0.0687. The van der Waals surface area contributed by atoms with Crippen molar-refractivity contribution in [1.82, 2.24) is 0 Å². The molecule has 5 heteroatoms. The van der Waals surface area contributed by atoms with Crippen LogP contribution in [0.1, 0.15) is 31.2 Å². The Bertz CT molecular complexity index is 843. The fourth-order valence-electron chi connectivity index (χ4n) is 2.74. The van der Waals surface area contributed by atoms with Gasteiger partial charge in [0, 0.05) is 5.92 Å². The highest BCUT2D eigenvalue weighted by Gasteiger charge is 2.33. The molecule has 1 aliphatic rings. The van der Waals surface area contributed by atoms with Crippen LogP contribution >= 0.6 is 0 Å². The van der Waals surface area contributed by atoms with Crippen molar-refractivity contribution in [1.29, 1.82) is 5.26 Å². The molecule has 0 radical (unpaired) electrons. The Morgan fingerprint density at radius 3 is 2.86 bits per heavy atom. The topological polar surface area (TPSA) is 89.3 Å². The van der Waals surface area contributed by atoms with Crippen molar-refractivity contribution >= 4 is 11.0 Å². The van der Waals surface area contributed by atoms with Crippen LogP contribution in [0, 0.1) is 11.3 Å². The molecule has 1 aliphatic heterocycles. The van der Waals surface area contributed by atoms with Crippen molar-refractivity contribution in [3.8, 4) is 11.8 Å². The Morgan fingerprint density at radius 2 is 2.14 bits per heavy atom. The number of nitrogens with zero attached hydrogens (tertiary/aromatic N) is 1. The van der Waals surface area contributed by atoms with Crippen molar-refractivity contribution in [3.05, 3.63) is 51.7 Å². The summed E-state index contributed by atoms with van der Waals surface area (Å²) in [6, 6.07) is 9.18. The van der Waals surface area contributed by atoms with Gasteiger partial charge in [0.05, 0.1) is 16.5 Å². The molecule has 21 heavy (non-hydrogen) atoms. The summed E-state index contributed by atoms with van der Waals surface area (Å²) in [5.41, 5.74) is 6.54. The molecule has 2 heterocycles. The van der Waals surface area contributed by atoms with Crippen molar-refractivity contribution in [2.45, 2.75) is 25.7 Å². The summed E-state index contributed by atoms with van der Waals surface area (Å²) >= 11 is 0. The number of hydrogen-bond acceptors (Lipinski definition) is 5. The molecule has 3 rings (SSSR count). The third-order valence-electron chi connectivity index (χ3n) is 3.67. The first-order valence-electron chi connectivity index (χ1n) is 6.80. The maximum absolute atomic E-state index is 12.3. The van der Waals surface area contributed by atoms with Crippen LogP contribution in [0.15, 0.2) is 44.9 Å². The largest absolute Gasteiger partial charge is 0.439 e. The summed E-state index contributed by atoms with van der Waals surface area (Å²) in [5.74, 6) is 0.112. The highest BCUT2D eigenvalue weighted by atomic mass is 16.5. The normalized spacial score (nSPS) is 17.2. The predicted octanol–water partition coefficient (Wildman–Crippen LogP) is 2.76. The lowest BCUT2D eigenvalue weighted by atomic mass is 9.86. The zero-order chi connectivity index (χ0) is 15.0. The van der Waals surface area contributed by atoms with Crippen molar-refractivity contribution < 1.29 is 9.15 Å². The number of rotatable bonds is 2. The van der Waals surface area contributed by atoms with E-state index in [0.29, 0.717) is 34.3 Å². The van der Waals surface area contributed by atoms with E-state index in [1.54, 1.807) is 12.1 Å². The molecule has 0 bridgehead atoms. The Hall–Kier alpha value is -2.74. The number of nitriles is 1. The van der Waals surface area contributed by atoms with E-state index in [4.69, 9.17) is 14.9 Å². The molecule has 0 aliphatic carbocycles. The first-order chi connectivity index (χ1) is 10.2. The van der Waals surface area contributed by atoms with Gasteiger partial charge in [-0.1, -0.05) is 25.5 Å².